The molecule has 0 atom stereocenters. The van der Waals surface area contributed by atoms with E-state index in [0.717, 1.165) is 18.0 Å². The van der Waals surface area contributed by atoms with Crippen molar-refractivity contribution in [2.75, 3.05) is 32.7 Å². The van der Waals surface area contributed by atoms with E-state index in [-0.39, 0.29) is 11.8 Å². The van der Waals surface area contributed by atoms with Crippen molar-refractivity contribution in [3.8, 4) is 0 Å². The van der Waals surface area contributed by atoms with Crippen LogP contribution in [0.5, 0.6) is 0 Å². The van der Waals surface area contributed by atoms with E-state index in [1.165, 1.54) is 6.26 Å². The molecular formula is C11H16N3O3+. The Labute approximate surface area is 99.0 Å². The number of primary amides is 1. The smallest absolute Gasteiger partial charge is 0.289 e. The van der Waals surface area contributed by atoms with Gasteiger partial charge in [-0.3, -0.25) is 9.59 Å². The Bertz CT molecular complexity index is 394. The third kappa shape index (κ3) is 2.85. The maximum absolute atomic E-state index is 11.9. The molecular weight excluding hydrogens is 222 g/mol. The molecule has 3 N–H and O–H groups in total. The van der Waals surface area contributed by atoms with Gasteiger partial charge in [0.25, 0.3) is 11.8 Å². The summed E-state index contributed by atoms with van der Waals surface area (Å²) in [6, 6.07) is 3.35. The lowest BCUT2D eigenvalue weighted by Gasteiger charge is -2.31. The zero-order valence-corrected chi connectivity index (χ0v) is 9.52. The molecule has 0 aliphatic carbocycles. The van der Waals surface area contributed by atoms with Crippen molar-refractivity contribution in [2.24, 2.45) is 5.73 Å². The minimum absolute atomic E-state index is 0.0897. The number of nitrogens with two attached hydrogens (primary N) is 1. The number of piperazine rings is 1. The molecule has 0 aromatic carbocycles. The number of amides is 2. The van der Waals surface area contributed by atoms with E-state index in [2.05, 4.69) is 0 Å². The SMILES string of the molecule is NC(=O)C[NH+]1CCN(C(=O)c2ccco2)CC1. The molecule has 1 aromatic heterocycles. The van der Waals surface area contributed by atoms with Gasteiger partial charge in [0, 0.05) is 0 Å². The van der Waals surface area contributed by atoms with Crippen LogP contribution in [0.15, 0.2) is 22.8 Å². The van der Waals surface area contributed by atoms with Crippen LogP contribution in [-0.2, 0) is 4.79 Å². The molecule has 1 saturated heterocycles. The van der Waals surface area contributed by atoms with Crippen molar-refractivity contribution in [1.82, 2.24) is 4.90 Å². The molecule has 0 saturated carbocycles. The van der Waals surface area contributed by atoms with Crippen LogP contribution < -0.4 is 10.6 Å². The molecule has 2 heterocycles. The molecule has 1 fully saturated rings. The Hall–Kier alpha value is -1.82. The molecule has 1 aromatic rings. The van der Waals surface area contributed by atoms with E-state index in [1.54, 1.807) is 17.0 Å². The monoisotopic (exact) mass is 238 g/mol. The number of hydrogen-bond acceptors (Lipinski definition) is 3. The lowest BCUT2D eigenvalue weighted by Crippen LogP contribution is -3.15. The average Bonchev–Trinajstić information content (AvgIpc) is 2.82. The largest absolute Gasteiger partial charge is 0.459 e. The third-order valence-electron chi connectivity index (χ3n) is 2.91. The van der Waals surface area contributed by atoms with E-state index in [0.29, 0.717) is 25.4 Å². The van der Waals surface area contributed by atoms with Gasteiger partial charge in [-0.1, -0.05) is 0 Å². The van der Waals surface area contributed by atoms with Gasteiger partial charge in [0.05, 0.1) is 32.4 Å². The normalized spacial score (nSPS) is 17.1. The molecule has 0 bridgehead atoms. The maximum Gasteiger partial charge on any atom is 0.289 e. The second-order valence-electron chi connectivity index (χ2n) is 4.16. The highest BCUT2D eigenvalue weighted by atomic mass is 16.3. The Morgan fingerprint density at radius 1 is 1.41 bits per heavy atom. The molecule has 1 aliphatic rings. The van der Waals surface area contributed by atoms with E-state index >= 15 is 0 Å². The van der Waals surface area contributed by atoms with Gasteiger partial charge in [0.2, 0.25) is 0 Å². The third-order valence-corrected chi connectivity index (χ3v) is 2.91. The first-order valence-electron chi connectivity index (χ1n) is 5.61. The highest BCUT2D eigenvalue weighted by Crippen LogP contribution is 2.05. The summed E-state index contributed by atoms with van der Waals surface area (Å²) in [7, 11) is 0. The first kappa shape index (κ1) is 11.7. The van der Waals surface area contributed by atoms with Crippen LogP contribution in [0.3, 0.4) is 0 Å². The number of nitrogens with one attached hydrogen (secondary N) is 1. The standard InChI is InChI=1S/C11H15N3O3/c12-10(15)8-13-3-5-14(6-4-13)11(16)9-2-1-7-17-9/h1-2,7H,3-6,8H2,(H2,12,15)/p+1. The number of carbonyl (C=O) groups is 2. The topological polar surface area (TPSA) is 81.0 Å². The summed E-state index contributed by atoms with van der Waals surface area (Å²) in [5, 5.41) is 0. The quantitative estimate of drug-likeness (QED) is 0.646. The van der Waals surface area contributed by atoms with E-state index in [9.17, 15) is 9.59 Å². The van der Waals surface area contributed by atoms with Crippen LogP contribution in [0.25, 0.3) is 0 Å². The molecule has 1 aliphatic heterocycles. The van der Waals surface area contributed by atoms with Crippen LogP contribution in [0.4, 0.5) is 0 Å². The average molecular weight is 238 g/mol. The molecule has 92 valence electrons. The minimum Gasteiger partial charge on any atom is -0.459 e. The predicted octanol–water partition coefficient (Wildman–Crippen LogP) is -1.89. The summed E-state index contributed by atoms with van der Waals surface area (Å²) in [5.41, 5.74) is 5.14. The Morgan fingerprint density at radius 3 is 2.65 bits per heavy atom. The van der Waals surface area contributed by atoms with Crippen molar-refractivity contribution in [1.29, 1.82) is 0 Å². The summed E-state index contributed by atoms with van der Waals surface area (Å²) < 4.78 is 5.07. The number of furan rings is 1. The fourth-order valence-electron chi connectivity index (χ4n) is 2.01. The van der Waals surface area contributed by atoms with Gasteiger partial charge in [-0.05, 0) is 12.1 Å². The van der Waals surface area contributed by atoms with Gasteiger partial charge >= 0.3 is 0 Å². The molecule has 17 heavy (non-hydrogen) atoms. The van der Waals surface area contributed by atoms with Gasteiger partial charge in [-0.2, -0.15) is 0 Å². The molecule has 2 amide bonds. The van der Waals surface area contributed by atoms with Gasteiger partial charge in [0.1, 0.15) is 0 Å². The molecule has 0 unspecified atom stereocenters. The van der Waals surface area contributed by atoms with Gasteiger partial charge in [-0.15, -0.1) is 0 Å². The maximum atomic E-state index is 11.9. The molecule has 2 rings (SSSR count). The number of quaternary nitrogens is 1. The van der Waals surface area contributed by atoms with Crippen LogP contribution in [0, 0.1) is 0 Å². The van der Waals surface area contributed by atoms with Crippen LogP contribution in [0.2, 0.25) is 0 Å². The van der Waals surface area contributed by atoms with Gasteiger partial charge in [-0.25, -0.2) is 0 Å². The summed E-state index contributed by atoms with van der Waals surface area (Å²) in [6.45, 7) is 3.08. The minimum atomic E-state index is -0.300. The van der Waals surface area contributed by atoms with Crippen LogP contribution in [-0.4, -0.2) is 49.4 Å². The Balaban J connectivity index is 1.87. The highest BCUT2D eigenvalue weighted by molar-refractivity contribution is 5.91. The zero-order chi connectivity index (χ0) is 12.3. The van der Waals surface area contributed by atoms with Gasteiger partial charge < -0.3 is 20.0 Å². The molecule has 6 nitrogen and oxygen atoms in total. The number of rotatable bonds is 3. The summed E-state index contributed by atoms with van der Waals surface area (Å²) in [5.74, 6) is -0.0257. The molecule has 0 radical (unpaired) electrons. The Kier molecular flexibility index (Phi) is 3.43. The fourth-order valence-corrected chi connectivity index (χ4v) is 2.01. The number of nitrogens with zero attached hydrogens (tertiary/aromatic N) is 1. The van der Waals surface area contributed by atoms with E-state index in [1.807, 2.05) is 0 Å². The predicted molar refractivity (Wildman–Crippen MR) is 59.4 cm³/mol. The highest BCUT2D eigenvalue weighted by Gasteiger charge is 2.26. The first-order valence-corrected chi connectivity index (χ1v) is 5.61. The second kappa shape index (κ2) is 5.01. The van der Waals surface area contributed by atoms with Crippen molar-refractivity contribution < 1.29 is 18.9 Å². The van der Waals surface area contributed by atoms with Crippen LogP contribution >= 0.6 is 0 Å². The number of carbonyl (C=O) groups excluding carboxylic acids is 2. The van der Waals surface area contributed by atoms with Crippen molar-refractivity contribution in [2.45, 2.75) is 0 Å². The summed E-state index contributed by atoms with van der Waals surface area (Å²) >= 11 is 0. The summed E-state index contributed by atoms with van der Waals surface area (Å²) in [6.07, 6.45) is 1.49. The van der Waals surface area contributed by atoms with Crippen molar-refractivity contribution in [3.63, 3.8) is 0 Å². The Morgan fingerprint density at radius 2 is 2.12 bits per heavy atom. The van der Waals surface area contributed by atoms with E-state index < -0.39 is 0 Å². The lowest BCUT2D eigenvalue weighted by atomic mass is 10.3. The van der Waals surface area contributed by atoms with Crippen LogP contribution in [0.1, 0.15) is 10.6 Å². The summed E-state index contributed by atoms with van der Waals surface area (Å²) in [4.78, 5) is 25.6. The fraction of sp³-hybridized carbons (Fsp3) is 0.455. The van der Waals surface area contributed by atoms with Crippen molar-refractivity contribution in [3.05, 3.63) is 24.2 Å². The van der Waals surface area contributed by atoms with Crippen molar-refractivity contribution >= 4 is 11.8 Å². The van der Waals surface area contributed by atoms with Gasteiger partial charge in [0.15, 0.2) is 12.3 Å². The number of hydrogen-bond donors (Lipinski definition) is 2. The lowest BCUT2D eigenvalue weighted by molar-refractivity contribution is -0.895. The second-order valence-corrected chi connectivity index (χ2v) is 4.16. The first-order chi connectivity index (χ1) is 8.16. The zero-order valence-electron chi connectivity index (χ0n) is 9.52. The molecule has 0 spiro atoms. The molecule has 6 heteroatoms. The van der Waals surface area contributed by atoms with E-state index in [4.69, 9.17) is 10.2 Å².